The molecule has 0 saturated heterocycles. The topological polar surface area (TPSA) is 72.2 Å². The molecule has 0 aliphatic carbocycles. The fraction of sp³-hybridized carbons (Fsp3) is 0.0526. The van der Waals surface area contributed by atoms with Crippen molar-refractivity contribution >= 4 is 17.4 Å². The Kier molecular flexibility index (Phi) is 4.26. The molecule has 0 radical (unpaired) electrons. The van der Waals surface area contributed by atoms with E-state index in [1.54, 1.807) is 47.1 Å². The first-order valence-electron chi connectivity index (χ1n) is 8.16. The van der Waals surface area contributed by atoms with Crippen LogP contribution in [0.3, 0.4) is 0 Å². The molecule has 6 nitrogen and oxygen atoms in total. The minimum Gasteiger partial charge on any atom is -0.322 e. The molecule has 0 saturated carbocycles. The first kappa shape index (κ1) is 17.7. The van der Waals surface area contributed by atoms with Crippen LogP contribution in [0.4, 0.5) is 18.9 Å². The number of nitrogens with zero attached hydrogens (tertiary/aromatic N) is 4. The van der Waals surface area contributed by atoms with Gasteiger partial charge < -0.3 is 5.32 Å². The van der Waals surface area contributed by atoms with Gasteiger partial charge in [0, 0.05) is 29.2 Å². The van der Waals surface area contributed by atoms with Crippen LogP contribution in [-0.4, -0.2) is 25.5 Å². The molecular weight excluding hydrogens is 371 g/mol. The molecule has 2 aromatic heterocycles. The molecule has 0 spiro atoms. The summed E-state index contributed by atoms with van der Waals surface area (Å²) in [5, 5.41) is 10.5. The van der Waals surface area contributed by atoms with E-state index in [2.05, 4.69) is 20.5 Å². The summed E-state index contributed by atoms with van der Waals surface area (Å²) in [6, 6.07) is 12.7. The number of rotatable bonds is 3. The highest BCUT2D eigenvalue weighted by Gasteiger charge is 2.30. The average Bonchev–Trinajstić information content (AvgIpc) is 3.12. The van der Waals surface area contributed by atoms with Crippen LogP contribution in [0, 0.1) is 0 Å². The SMILES string of the molecule is O=C(Nc1cccc(C(F)(F)F)c1)c1ccc(-c2nnc3ncccn23)cc1. The normalized spacial score (nSPS) is 11.5. The van der Waals surface area contributed by atoms with Crippen LogP contribution in [0.2, 0.25) is 0 Å². The molecule has 0 unspecified atom stereocenters. The second-order valence-electron chi connectivity index (χ2n) is 5.92. The van der Waals surface area contributed by atoms with E-state index in [0.717, 1.165) is 17.7 Å². The number of nitrogens with one attached hydrogen (secondary N) is 1. The van der Waals surface area contributed by atoms with E-state index < -0.39 is 17.6 Å². The fourth-order valence-electron chi connectivity index (χ4n) is 2.69. The smallest absolute Gasteiger partial charge is 0.322 e. The van der Waals surface area contributed by atoms with Crippen molar-refractivity contribution in [3.8, 4) is 11.4 Å². The molecule has 2 heterocycles. The van der Waals surface area contributed by atoms with Gasteiger partial charge >= 0.3 is 6.18 Å². The standard InChI is InChI=1S/C19H12F3N5O/c20-19(21,22)14-3-1-4-15(11-14)24-17(28)13-7-5-12(6-8-13)16-25-26-18-23-9-2-10-27(16)18/h1-11H,(H,24,28). The molecule has 4 aromatic rings. The van der Waals surface area contributed by atoms with E-state index in [0.29, 0.717) is 17.2 Å². The number of halogens is 3. The highest BCUT2D eigenvalue weighted by atomic mass is 19.4. The molecule has 0 fully saturated rings. The lowest BCUT2D eigenvalue weighted by molar-refractivity contribution is -0.137. The molecular formula is C19H12F3N5O. The van der Waals surface area contributed by atoms with Gasteiger partial charge in [-0.2, -0.15) is 13.2 Å². The number of carbonyl (C=O) groups excluding carboxylic acids is 1. The molecule has 28 heavy (non-hydrogen) atoms. The zero-order chi connectivity index (χ0) is 19.7. The van der Waals surface area contributed by atoms with E-state index in [9.17, 15) is 18.0 Å². The lowest BCUT2D eigenvalue weighted by atomic mass is 10.1. The van der Waals surface area contributed by atoms with E-state index in [-0.39, 0.29) is 5.69 Å². The molecule has 0 atom stereocenters. The summed E-state index contributed by atoms with van der Waals surface area (Å²) in [4.78, 5) is 16.4. The van der Waals surface area contributed by atoms with Crippen molar-refractivity contribution < 1.29 is 18.0 Å². The molecule has 0 aliphatic rings. The van der Waals surface area contributed by atoms with Crippen LogP contribution in [-0.2, 0) is 6.18 Å². The van der Waals surface area contributed by atoms with Crippen molar-refractivity contribution in [3.05, 3.63) is 78.1 Å². The Morgan fingerprint density at radius 3 is 2.54 bits per heavy atom. The lowest BCUT2D eigenvalue weighted by Gasteiger charge is -2.10. The highest BCUT2D eigenvalue weighted by molar-refractivity contribution is 6.04. The van der Waals surface area contributed by atoms with Crippen molar-refractivity contribution in [1.82, 2.24) is 19.6 Å². The fourth-order valence-corrected chi connectivity index (χ4v) is 2.69. The minimum atomic E-state index is -4.47. The molecule has 9 heteroatoms. The van der Waals surface area contributed by atoms with Gasteiger partial charge in [0.05, 0.1) is 5.56 Å². The summed E-state index contributed by atoms with van der Waals surface area (Å²) < 4.78 is 40.1. The maximum absolute atomic E-state index is 12.8. The molecule has 1 amide bonds. The number of benzene rings is 2. The van der Waals surface area contributed by atoms with Gasteiger partial charge in [0.25, 0.3) is 11.7 Å². The number of aromatic nitrogens is 4. The zero-order valence-corrected chi connectivity index (χ0v) is 14.2. The Morgan fingerprint density at radius 2 is 1.79 bits per heavy atom. The summed E-state index contributed by atoms with van der Waals surface area (Å²) >= 11 is 0. The Bertz CT molecular complexity index is 1150. The van der Waals surface area contributed by atoms with Gasteiger partial charge in [0.15, 0.2) is 5.82 Å². The first-order chi connectivity index (χ1) is 13.4. The van der Waals surface area contributed by atoms with Crippen LogP contribution in [0.5, 0.6) is 0 Å². The number of hydrogen-bond acceptors (Lipinski definition) is 4. The van der Waals surface area contributed by atoms with Crippen LogP contribution in [0.1, 0.15) is 15.9 Å². The van der Waals surface area contributed by atoms with Crippen molar-refractivity contribution in [2.45, 2.75) is 6.18 Å². The first-order valence-corrected chi connectivity index (χ1v) is 8.16. The summed E-state index contributed by atoms with van der Waals surface area (Å²) in [6.45, 7) is 0. The molecule has 140 valence electrons. The van der Waals surface area contributed by atoms with Gasteiger partial charge in [-0.05, 0) is 36.4 Å². The maximum Gasteiger partial charge on any atom is 0.416 e. The minimum absolute atomic E-state index is 0.0680. The van der Waals surface area contributed by atoms with Gasteiger partial charge in [-0.15, -0.1) is 10.2 Å². The molecule has 0 aliphatic heterocycles. The molecule has 1 N–H and O–H groups in total. The average molecular weight is 383 g/mol. The van der Waals surface area contributed by atoms with Gasteiger partial charge in [-0.1, -0.05) is 18.2 Å². The predicted molar refractivity (Wildman–Crippen MR) is 95.6 cm³/mol. The van der Waals surface area contributed by atoms with Crippen molar-refractivity contribution in [2.75, 3.05) is 5.32 Å². The van der Waals surface area contributed by atoms with Gasteiger partial charge in [-0.25, -0.2) is 4.98 Å². The summed E-state index contributed by atoms with van der Waals surface area (Å²) in [6.07, 6.45) is -1.10. The van der Waals surface area contributed by atoms with E-state index in [4.69, 9.17) is 0 Å². The molecule has 4 rings (SSSR count). The Hall–Kier alpha value is -3.75. The van der Waals surface area contributed by atoms with Crippen molar-refractivity contribution in [1.29, 1.82) is 0 Å². The van der Waals surface area contributed by atoms with E-state index in [1.165, 1.54) is 12.1 Å². The second kappa shape index (κ2) is 6.76. The highest BCUT2D eigenvalue weighted by Crippen LogP contribution is 2.30. The molecule has 2 aromatic carbocycles. The number of carbonyl (C=O) groups is 1. The van der Waals surface area contributed by atoms with Gasteiger partial charge in [0.1, 0.15) is 0 Å². The zero-order valence-electron chi connectivity index (χ0n) is 14.2. The number of amides is 1. The predicted octanol–water partition coefficient (Wildman–Crippen LogP) is 4.06. The largest absolute Gasteiger partial charge is 0.416 e. The number of hydrogen-bond donors (Lipinski definition) is 1. The Labute approximate surface area is 156 Å². The maximum atomic E-state index is 12.8. The quantitative estimate of drug-likeness (QED) is 0.579. The van der Waals surface area contributed by atoms with Crippen molar-refractivity contribution in [3.63, 3.8) is 0 Å². The Morgan fingerprint density at radius 1 is 1.00 bits per heavy atom. The molecule has 0 bridgehead atoms. The van der Waals surface area contributed by atoms with Crippen LogP contribution < -0.4 is 5.32 Å². The second-order valence-corrected chi connectivity index (χ2v) is 5.92. The Balaban J connectivity index is 1.55. The van der Waals surface area contributed by atoms with Crippen LogP contribution in [0.25, 0.3) is 17.2 Å². The van der Waals surface area contributed by atoms with Gasteiger partial charge in [0.2, 0.25) is 0 Å². The monoisotopic (exact) mass is 383 g/mol. The van der Waals surface area contributed by atoms with Crippen LogP contribution in [0.15, 0.2) is 67.0 Å². The third kappa shape index (κ3) is 3.41. The lowest BCUT2D eigenvalue weighted by Crippen LogP contribution is -2.13. The summed E-state index contributed by atoms with van der Waals surface area (Å²) in [7, 11) is 0. The van der Waals surface area contributed by atoms with Crippen LogP contribution >= 0.6 is 0 Å². The summed E-state index contributed by atoms with van der Waals surface area (Å²) in [5.74, 6) is 0.496. The third-order valence-electron chi connectivity index (χ3n) is 4.04. The summed E-state index contributed by atoms with van der Waals surface area (Å²) in [5.41, 5.74) is 0.260. The van der Waals surface area contributed by atoms with Crippen molar-refractivity contribution in [2.24, 2.45) is 0 Å². The number of alkyl halides is 3. The van der Waals surface area contributed by atoms with Gasteiger partial charge in [-0.3, -0.25) is 9.20 Å². The van der Waals surface area contributed by atoms with E-state index in [1.807, 2.05) is 0 Å². The van der Waals surface area contributed by atoms with E-state index >= 15 is 0 Å². The third-order valence-corrected chi connectivity index (χ3v) is 4.04. The number of fused-ring (bicyclic) bond motifs is 1. The number of anilines is 1.